The maximum Gasteiger partial charge on any atom is 0.258 e. The standard InChI is InChI=1S/C20H22N4O2.ClH/c1-14(21-2)12-18-22-19(26-23-18)15-8-7-9-16(13-15)20(25)24(3)17-10-5-4-6-11-17;/h4-11,13-14,21H,12H2,1-3H3;1H. The van der Waals surface area contributed by atoms with Crippen LogP contribution in [0.25, 0.3) is 11.5 Å². The van der Waals surface area contributed by atoms with E-state index in [0.717, 1.165) is 11.3 Å². The van der Waals surface area contributed by atoms with E-state index in [9.17, 15) is 4.79 Å². The van der Waals surface area contributed by atoms with Gasteiger partial charge in [0.05, 0.1) is 0 Å². The molecule has 27 heavy (non-hydrogen) atoms. The lowest BCUT2D eigenvalue weighted by Gasteiger charge is -2.17. The first kappa shape index (κ1) is 20.6. The Morgan fingerprint density at radius 1 is 1.19 bits per heavy atom. The molecule has 0 aliphatic heterocycles. The number of halogens is 1. The van der Waals surface area contributed by atoms with Gasteiger partial charge in [-0.15, -0.1) is 12.4 Å². The van der Waals surface area contributed by atoms with Crippen LogP contribution in [-0.2, 0) is 6.42 Å². The van der Waals surface area contributed by atoms with E-state index >= 15 is 0 Å². The van der Waals surface area contributed by atoms with Crippen molar-refractivity contribution in [2.24, 2.45) is 0 Å². The lowest BCUT2D eigenvalue weighted by Crippen LogP contribution is -2.26. The number of para-hydroxylation sites is 1. The second-order valence-corrected chi connectivity index (χ2v) is 6.19. The van der Waals surface area contributed by atoms with Gasteiger partial charge < -0.3 is 14.7 Å². The molecule has 3 rings (SSSR count). The van der Waals surface area contributed by atoms with Gasteiger partial charge in [0.25, 0.3) is 11.8 Å². The predicted octanol–water partition coefficient (Wildman–Crippen LogP) is 3.59. The highest BCUT2D eigenvalue weighted by molar-refractivity contribution is 6.06. The molecule has 3 aromatic rings. The number of amides is 1. The van der Waals surface area contributed by atoms with E-state index < -0.39 is 0 Å². The fourth-order valence-electron chi connectivity index (χ4n) is 2.58. The van der Waals surface area contributed by atoms with E-state index in [1.807, 2.05) is 49.5 Å². The monoisotopic (exact) mass is 386 g/mol. The van der Waals surface area contributed by atoms with Gasteiger partial charge in [0.2, 0.25) is 0 Å². The fourth-order valence-corrected chi connectivity index (χ4v) is 2.58. The first-order valence-electron chi connectivity index (χ1n) is 8.52. The molecule has 142 valence electrons. The number of nitrogens with zero attached hydrogens (tertiary/aromatic N) is 3. The maximum atomic E-state index is 12.8. The molecule has 1 atom stereocenters. The molecular formula is C20H23ClN4O2. The van der Waals surface area contributed by atoms with E-state index in [-0.39, 0.29) is 24.4 Å². The predicted molar refractivity (Wildman–Crippen MR) is 108 cm³/mol. The summed E-state index contributed by atoms with van der Waals surface area (Å²) in [6.45, 7) is 2.05. The molecule has 1 unspecified atom stereocenters. The zero-order valence-corrected chi connectivity index (χ0v) is 16.4. The minimum atomic E-state index is -0.0957. The first-order chi connectivity index (χ1) is 12.6. The topological polar surface area (TPSA) is 71.3 Å². The number of carbonyl (C=O) groups is 1. The smallest absolute Gasteiger partial charge is 0.258 e. The Balaban J connectivity index is 0.00000261. The lowest BCUT2D eigenvalue weighted by atomic mass is 10.1. The Morgan fingerprint density at radius 3 is 2.63 bits per heavy atom. The van der Waals surface area contributed by atoms with Crippen LogP contribution in [0.1, 0.15) is 23.1 Å². The second-order valence-electron chi connectivity index (χ2n) is 6.19. The van der Waals surface area contributed by atoms with Crippen LogP contribution in [0.3, 0.4) is 0 Å². The van der Waals surface area contributed by atoms with Crippen molar-refractivity contribution < 1.29 is 9.32 Å². The summed E-state index contributed by atoms with van der Waals surface area (Å²) >= 11 is 0. The van der Waals surface area contributed by atoms with Crippen LogP contribution in [0.5, 0.6) is 0 Å². The summed E-state index contributed by atoms with van der Waals surface area (Å²) < 4.78 is 5.36. The van der Waals surface area contributed by atoms with Gasteiger partial charge in [0.15, 0.2) is 5.82 Å². The third-order valence-electron chi connectivity index (χ3n) is 4.25. The van der Waals surface area contributed by atoms with Crippen molar-refractivity contribution in [2.75, 3.05) is 19.0 Å². The van der Waals surface area contributed by atoms with Gasteiger partial charge in [0.1, 0.15) is 0 Å². The third kappa shape index (κ3) is 4.93. The molecule has 0 saturated heterocycles. The molecule has 1 heterocycles. The van der Waals surface area contributed by atoms with Crippen LogP contribution >= 0.6 is 12.4 Å². The fraction of sp³-hybridized carbons (Fsp3) is 0.250. The lowest BCUT2D eigenvalue weighted by molar-refractivity contribution is 0.0993. The number of nitrogens with one attached hydrogen (secondary N) is 1. The summed E-state index contributed by atoms with van der Waals surface area (Å²) in [5.41, 5.74) is 2.13. The highest BCUT2D eigenvalue weighted by Crippen LogP contribution is 2.21. The second kappa shape index (κ2) is 9.30. The number of anilines is 1. The molecule has 0 radical (unpaired) electrons. The molecule has 6 nitrogen and oxygen atoms in total. The largest absolute Gasteiger partial charge is 0.334 e. The Labute approximate surface area is 165 Å². The molecule has 0 spiro atoms. The summed E-state index contributed by atoms with van der Waals surface area (Å²) in [6, 6.07) is 17.0. The van der Waals surface area contributed by atoms with Crippen molar-refractivity contribution in [3.05, 3.63) is 66.0 Å². The summed E-state index contributed by atoms with van der Waals surface area (Å²) in [5, 5.41) is 7.16. The van der Waals surface area contributed by atoms with E-state index in [2.05, 4.69) is 22.4 Å². The first-order valence-corrected chi connectivity index (χ1v) is 8.52. The molecule has 0 saturated carbocycles. The molecule has 1 amide bonds. The molecule has 0 aliphatic carbocycles. The van der Waals surface area contributed by atoms with Crippen molar-refractivity contribution in [1.82, 2.24) is 15.5 Å². The van der Waals surface area contributed by atoms with Crippen LogP contribution < -0.4 is 10.2 Å². The van der Waals surface area contributed by atoms with Gasteiger partial charge in [-0.3, -0.25) is 4.79 Å². The summed E-state index contributed by atoms with van der Waals surface area (Å²) in [4.78, 5) is 18.8. The van der Waals surface area contributed by atoms with Crippen molar-refractivity contribution in [1.29, 1.82) is 0 Å². The van der Waals surface area contributed by atoms with E-state index in [0.29, 0.717) is 23.7 Å². The minimum Gasteiger partial charge on any atom is -0.334 e. The molecular weight excluding hydrogens is 364 g/mol. The number of rotatable bonds is 6. The van der Waals surface area contributed by atoms with Gasteiger partial charge in [-0.1, -0.05) is 29.4 Å². The molecule has 0 bridgehead atoms. The van der Waals surface area contributed by atoms with Crippen molar-refractivity contribution in [3.63, 3.8) is 0 Å². The van der Waals surface area contributed by atoms with Crippen molar-refractivity contribution >= 4 is 24.0 Å². The molecule has 0 fully saturated rings. The molecule has 2 aromatic carbocycles. The van der Waals surface area contributed by atoms with Crippen LogP contribution in [0.15, 0.2) is 59.1 Å². The summed E-state index contributed by atoms with van der Waals surface area (Å²) in [5.74, 6) is 0.960. The normalized spacial score (nSPS) is 11.5. The van der Waals surface area contributed by atoms with E-state index in [4.69, 9.17) is 4.52 Å². The van der Waals surface area contributed by atoms with Crippen LogP contribution in [-0.4, -0.2) is 36.2 Å². The van der Waals surface area contributed by atoms with Gasteiger partial charge >= 0.3 is 0 Å². The average Bonchev–Trinajstić information content (AvgIpc) is 3.16. The zero-order valence-electron chi connectivity index (χ0n) is 15.5. The number of hydrogen-bond donors (Lipinski definition) is 1. The highest BCUT2D eigenvalue weighted by atomic mass is 35.5. The van der Waals surface area contributed by atoms with Crippen LogP contribution in [0, 0.1) is 0 Å². The summed E-state index contributed by atoms with van der Waals surface area (Å²) in [6.07, 6.45) is 0.676. The highest BCUT2D eigenvalue weighted by Gasteiger charge is 2.16. The quantitative estimate of drug-likeness (QED) is 0.701. The number of likely N-dealkylation sites (N-methyl/N-ethyl adjacent to an activating group) is 1. The van der Waals surface area contributed by atoms with E-state index in [1.54, 1.807) is 24.1 Å². The Bertz CT molecular complexity index is 882. The van der Waals surface area contributed by atoms with Gasteiger partial charge in [-0.25, -0.2) is 0 Å². The third-order valence-corrected chi connectivity index (χ3v) is 4.25. The average molecular weight is 387 g/mol. The van der Waals surface area contributed by atoms with Crippen molar-refractivity contribution in [2.45, 2.75) is 19.4 Å². The van der Waals surface area contributed by atoms with Gasteiger partial charge in [-0.2, -0.15) is 4.98 Å². The minimum absolute atomic E-state index is 0. The Morgan fingerprint density at radius 2 is 1.93 bits per heavy atom. The SMILES string of the molecule is CNC(C)Cc1noc(-c2cccc(C(=O)N(C)c3ccccc3)c2)n1.Cl. The summed E-state index contributed by atoms with van der Waals surface area (Å²) in [7, 11) is 3.65. The molecule has 1 aromatic heterocycles. The molecule has 7 heteroatoms. The number of aromatic nitrogens is 2. The Kier molecular flexibility index (Phi) is 7.10. The van der Waals surface area contributed by atoms with E-state index in [1.165, 1.54) is 0 Å². The van der Waals surface area contributed by atoms with Gasteiger partial charge in [-0.05, 0) is 44.3 Å². The van der Waals surface area contributed by atoms with Gasteiger partial charge in [0, 0.05) is 36.3 Å². The Hall–Kier alpha value is -2.70. The number of hydrogen-bond acceptors (Lipinski definition) is 5. The molecule has 0 aliphatic rings. The zero-order chi connectivity index (χ0) is 18.5. The maximum absolute atomic E-state index is 12.8. The van der Waals surface area contributed by atoms with Crippen LogP contribution in [0.2, 0.25) is 0 Å². The van der Waals surface area contributed by atoms with Crippen LogP contribution in [0.4, 0.5) is 5.69 Å². The number of benzene rings is 2. The number of carbonyl (C=O) groups excluding carboxylic acids is 1. The molecule has 1 N–H and O–H groups in total. The van der Waals surface area contributed by atoms with Crippen molar-refractivity contribution in [3.8, 4) is 11.5 Å².